The monoisotopic (exact) mass is 333 g/mol. The number of ketones is 1. The summed E-state index contributed by atoms with van der Waals surface area (Å²) in [5.74, 6) is 0.471. The third-order valence-electron chi connectivity index (χ3n) is 4.17. The van der Waals surface area contributed by atoms with Crippen molar-refractivity contribution < 1.29 is 4.79 Å². The largest absolute Gasteiger partial charge is 0.353 e. The Morgan fingerprint density at radius 1 is 1.20 bits per heavy atom. The highest BCUT2D eigenvalue weighted by molar-refractivity contribution is 5.96. The molecule has 1 aromatic carbocycles. The van der Waals surface area contributed by atoms with Crippen LogP contribution in [-0.2, 0) is 0 Å². The quantitative estimate of drug-likeness (QED) is 0.734. The van der Waals surface area contributed by atoms with E-state index in [9.17, 15) is 9.59 Å². The van der Waals surface area contributed by atoms with Crippen LogP contribution in [0.4, 0.5) is 5.95 Å². The number of hydrogen-bond acceptors (Lipinski definition) is 6. The van der Waals surface area contributed by atoms with Crippen molar-refractivity contribution in [3.63, 3.8) is 0 Å². The molecule has 0 saturated carbocycles. The van der Waals surface area contributed by atoms with Gasteiger partial charge in [-0.15, -0.1) is 0 Å². The van der Waals surface area contributed by atoms with Gasteiger partial charge in [-0.1, -0.05) is 30.3 Å². The molecular weight excluding hydrogens is 318 g/mol. The number of benzene rings is 1. The van der Waals surface area contributed by atoms with Crippen molar-refractivity contribution >= 4 is 11.7 Å². The highest BCUT2D eigenvalue weighted by Crippen LogP contribution is 2.25. The molecule has 4 rings (SSSR count). The van der Waals surface area contributed by atoms with Gasteiger partial charge in [-0.25, -0.2) is 15.0 Å². The maximum atomic E-state index is 12.6. The number of rotatable bonds is 4. The summed E-state index contributed by atoms with van der Waals surface area (Å²) in [5, 5.41) is 3.11. The van der Waals surface area contributed by atoms with Gasteiger partial charge >= 0.3 is 0 Å². The predicted molar refractivity (Wildman–Crippen MR) is 92.4 cm³/mol. The highest BCUT2D eigenvalue weighted by Gasteiger charge is 2.27. The average Bonchev–Trinajstić information content (AvgIpc) is 3.06. The van der Waals surface area contributed by atoms with Gasteiger partial charge < -0.3 is 5.32 Å². The number of carbonyl (C=O) groups is 1. The smallest absolute Gasteiger partial charge is 0.255 e. The zero-order valence-electron chi connectivity index (χ0n) is 13.3. The second-order valence-corrected chi connectivity index (χ2v) is 5.80. The molecule has 0 aliphatic carbocycles. The number of nitrogens with one attached hydrogen (secondary N) is 1. The number of fused-ring (bicyclic) bond motifs is 1. The van der Waals surface area contributed by atoms with E-state index < -0.39 is 0 Å². The van der Waals surface area contributed by atoms with Crippen LogP contribution in [0, 0.1) is 0 Å². The number of carbonyl (C=O) groups excluding carboxylic acids is 1. The normalized spacial score (nSPS) is 15.4. The molecule has 25 heavy (non-hydrogen) atoms. The van der Waals surface area contributed by atoms with Crippen LogP contribution < -0.4 is 10.9 Å². The molecular formula is C18H15N5O2. The number of anilines is 1. The van der Waals surface area contributed by atoms with Crippen molar-refractivity contribution in [3.05, 3.63) is 70.9 Å². The maximum Gasteiger partial charge on any atom is 0.255 e. The van der Waals surface area contributed by atoms with E-state index in [-0.39, 0.29) is 23.8 Å². The van der Waals surface area contributed by atoms with Gasteiger partial charge in [0.1, 0.15) is 6.33 Å². The Bertz CT molecular complexity index is 970. The third-order valence-corrected chi connectivity index (χ3v) is 4.17. The molecule has 124 valence electrons. The molecule has 0 spiro atoms. The second-order valence-electron chi connectivity index (χ2n) is 5.80. The summed E-state index contributed by atoms with van der Waals surface area (Å²) in [4.78, 5) is 37.4. The van der Waals surface area contributed by atoms with E-state index in [1.54, 1.807) is 29.0 Å². The topological polar surface area (TPSA) is 89.8 Å². The van der Waals surface area contributed by atoms with Crippen LogP contribution in [0.5, 0.6) is 0 Å². The molecule has 3 heterocycles. The Labute approximate surface area is 143 Å². The van der Waals surface area contributed by atoms with Gasteiger partial charge in [0.2, 0.25) is 5.95 Å². The minimum absolute atomic E-state index is 0.00651. The average molecular weight is 333 g/mol. The molecule has 1 aliphatic heterocycles. The summed E-state index contributed by atoms with van der Waals surface area (Å²) in [7, 11) is 0. The van der Waals surface area contributed by atoms with E-state index in [4.69, 9.17) is 0 Å². The minimum atomic E-state index is -0.248. The molecule has 1 unspecified atom stereocenters. The fourth-order valence-electron chi connectivity index (χ4n) is 2.96. The molecule has 2 aromatic heterocycles. The predicted octanol–water partition coefficient (Wildman–Crippen LogP) is 1.94. The molecule has 0 amide bonds. The van der Waals surface area contributed by atoms with Crippen LogP contribution in [0.2, 0.25) is 0 Å². The van der Waals surface area contributed by atoms with Gasteiger partial charge in [-0.05, 0) is 6.07 Å². The summed E-state index contributed by atoms with van der Waals surface area (Å²) < 4.78 is 1.55. The second kappa shape index (κ2) is 6.27. The zero-order valence-corrected chi connectivity index (χ0v) is 13.3. The van der Waals surface area contributed by atoms with Crippen molar-refractivity contribution in [1.29, 1.82) is 0 Å². The molecule has 0 saturated heterocycles. The zero-order chi connectivity index (χ0) is 17.2. The van der Waals surface area contributed by atoms with Gasteiger partial charge in [-0.3, -0.25) is 14.2 Å². The van der Waals surface area contributed by atoms with Gasteiger partial charge in [0.05, 0.1) is 17.4 Å². The summed E-state index contributed by atoms with van der Waals surface area (Å²) in [6.07, 6.45) is 3.26. The van der Waals surface area contributed by atoms with Gasteiger partial charge in [0, 0.05) is 30.8 Å². The lowest BCUT2D eigenvalue weighted by molar-refractivity contribution is 0.0967. The Morgan fingerprint density at radius 3 is 2.80 bits per heavy atom. The van der Waals surface area contributed by atoms with E-state index in [2.05, 4.69) is 20.3 Å². The SMILES string of the molecule is O=C(CC1CNc2nc(-c3ccncn3)cc(=O)n21)c1ccccc1. The number of aromatic nitrogens is 4. The van der Waals surface area contributed by atoms with Crippen LogP contribution in [0.3, 0.4) is 0 Å². The van der Waals surface area contributed by atoms with E-state index in [1.165, 1.54) is 12.4 Å². The Kier molecular flexibility index (Phi) is 3.81. The van der Waals surface area contributed by atoms with Crippen molar-refractivity contribution in [2.45, 2.75) is 12.5 Å². The van der Waals surface area contributed by atoms with Crippen LogP contribution in [-0.4, -0.2) is 31.8 Å². The fourth-order valence-corrected chi connectivity index (χ4v) is 2.96. The van der Waals surface area contributed by atoms with Crippen molar-refractivity contribution in [1.82, 2.24) is 19.5 Å². The summed E-state index contributed by atoms with van der Waals surface area (Å²) >= 11 is 0. The minimum Gasteiger partial charge on any atom is -0.353 e. The van der Waals surface area contributed by atoms with Crippen LogP contribution in [0.25, 0.3) is 11.4 Å². The van der Waals surface area contributed by atoms with Crippen molar-refractivity contribution in [2.75, 3.05) is 11.9 Å². The van der Waals surface area contributed by atoms with Crippen molar-refractivity contribution in [3.8, 4) is 11.4 Å². The van der Waals surface area contributed by atoms with Gasteiger partial charge in [0.15, 0.2) is 5.78 Å². The van der Waals surface area contributed by atoms with E-state index in [0.29, 0.717) is 29.4 Å². The van der Waals surface area contributed by atoms with Crippen LogP contribution in [0.15, 0.2) is 59.8 Å². The molecule has 3 aromatic rings. The highest BCUT2D eigenvalue weighted by atomic mass is 16.1. The molecule has 1 N–H and O–H groups in total. The first kappa shape index (κ1) is 15.2. The van der Waals surface area contributed by atoms with Gasteiger partial charge in [0.25, 0.3) is 5.56 Å². The van der Waals surface area contributed by atoms with Crippen molar-refractivity contribution in [2.24, 2.45) is 0 Å². The Balaban J connectivity index is 1.63. The first-order valence-corrected chi connectivity index (χ1v) is 7.94. The summed E-state index contributed by atoms with van der Waals surface area (Å²) in [5.41, 5.74) is 1.52. The molecule has 7 nitrogen and oxygen atoms in total. The molecule has 0 fully saturated rings. The first-order valence-electron chi connectivity index (χ1n) is 7.94. The lowest BCUT2D eigenvalue weighted by Crippen LogP contribution is -2.24. The third kappa shape index (κ3) is 2.91. The lowest BCUT2D eigenvalue weighted by atomic mass is 10.0. The fraction of sp³-hybridized carbons (Fsp3) is 0.167. The molecule has 0 bridgehead atoms. The van der Waals surface area contributed by atoms with E-state index >= 15 is 0 Å². The molecule has 7 heteroatoms. The number of Topliss-reactive ketones (excluding diaryl/α,β-unsaturated/α-hetero) is 1. The molecule has 0 radical (unpaired) electrons. The Hall–Kier alpha value is -3.35. The lowest BCUT2D eigenvalue weighted by Gasteiger charge is -2.12. The molecule has 1 aliphatic rings. The number of hydrogen-bond donors (Lipinski definition) is 1. The maximum absolute atomic E-state index is 12.6. The van der Waals surface area contributed by atoms with E-state index in [1.807, 2.05) is 18.2 Å². The Morgan fingerprint density at radius 2 is 2.04 bits per heavy atom. The summed E-state index contributed by atoms with van der Waals surface area (Å²) in [6.45, 7) is 0.494. The number of nitrogens with zero attached hydrogens (tertiary/aromatic N) is 4. The van der Waals surface area contributed by atoms with Crippen LogP contribution >= 0.6 is 0 Å². The van der Waals surface area contributed by atoms with Gasteiger partial charge in [-0.2, -0.15) is 0 Å². The standard InChI is InChI=1S/C18H15N5O2/c24-16(12-4-2-1-3-5-12)8-13-10-20-18-22-15(9-17(25)23(13)18)14-6-7-19-11-21-14/h1-7,9,11,13H,8,10H2,(H,20,22). The van der Waals surface area contributed by atoms with E-state index in [0.717, 1.165) is 0 Å². The summed E-state index contributed by atoms with van der Waals surface area (Å²) in [6, 6.07) is 12.0. The first-order chi connectivity index (χ1) is 12.2. The van der Waals surface area contributed by atoms with Crippen LogP contribution in [0.1, 0.15) is 22.8 Å². The molecule has 1 atom stereocenters.